The summed E-state index contributed by atoms with van der Waals surface area (Å²) in [7, 11) is 0. The molecule has 0 aliphatic rings. The third-order valence-electron chi connectivity index (χ3n) is 2.77. The summed E-state index contributed by atoms with van der Waals surface area (Å²) >= 11 is 3.64. The van der Waals surface area contributed by atoms with Crippen molar-refractivity contribution in [1.82, 2.24) is 0 Å². The van der Waals surface area contributed by atoms with Crippen molar-refractivity contribution in [2.45, 2.75) is 12.8 Å². The first kappa shape index (κ1) is 12.1. The Morgan fingerprint density at radius 2 is 1.47 bits per heavy atom. The maximum atomic E-state index is 3.64. The Labute approximate surface area is 111 Å². The number of hydrogen-bond acceptors (Lipinski definition) is 0. The molecule has 0 saturated heterocycles. The summed E-state index contributed by atoms with van der Waals surface area (Å²) in [5.41, 5.74) is 2.55. The van der Waals surface area contributed by atoms with Gasteiger partial charge in [0.15, 0.2) is 0 Å². The minimum absolute atomic E-state index is 0.408. The highest BCUT2D eigenvalue weighted by atomic mass is 79.9. The maximum Gasteiger partial charge on any atom is 0.0213 e. The summed E-state index contributed by atoms with van der Waals surface area (Å²) in [6, 6.07) is 20.9. The zero-order valence-electron chi connectivity index (χ0n) is 9.81. The Hall–Kier alpha value is -1.34. The van der Waals surface area contributed by atoms with Crippen LogP contribution in [-0.4, -0.2) is 0 Å². The van der Waals surface area contributed by atoms with Crippen LogP contribution in [0.4, 0.5) is 0 Å². The lowest BCUT2D eigenvalue weighted by atomic mass is 10.00. The van der Waals surface area contributed by atoms with Gasteiger partial charge in [0.25, 0.3) is 0 Å². The quantitative estimate of drug-likeness (QED) is 0.725. The van der Waals surface area contributed by atoms with Crippen LogP contribution in [0.5, 0.6) is 0 Å². The molecular formula is C16H15Br. The zero-order valence-corrected chi connectivity index (χ0v) is 11.4. The molecule has 0 nitrogen and oxygen atoms in total. The Kier molecular flexibility index (Phi) is 4.16. The van der Waals surface area contributed by atoms with Crippen LogP contribution in [-0.2, 0) is 0 Å². The van der Waals surface area contributed by atoms with Gasteiger partial charge in [-0.1, -0.05) is 89.6 Å². The van der Waals surface area contributed by atoms with Crippen molar-refractivity contribution in [3.05, 3.63) is 77.9 Å². The number of allylic oxidation sites excluding steroid dienone is 1. The zero-order chi connectivity index (χ0) is 12.1. The first-order valence-electron chi connectivity index (χ1n) is 5.75. The van der Waals surface area contributed by atoms with E-state index in [2.05, 4.69) is 77.5 Å². The molecule has 0 N–H and O–H groups in total. The number of hydrogen-bond donors (Lipinski definition) is 0. The number of benzene rings is 2. The molecule has 2 rings (SSSR count). The topological polar surface area (TPSA) is 0 Å². The summed E-state index contributed by atoms with van der Waals surface area (Å²) in [5.74, 6) is 0.408. The highest BCUT2D eigenvalue weighted by Crippen LogP contribution is 2.26. The first-order valence-corrected chi connectivity index (χ1v) is 6.54. The molecule has 0 bridgehead atoms. The molecule has 1 atom stereocenters. The maximum absolute atomic E-state index is 3.64. The van der Waals surface area contributed by atoms with Crippen LogP contribution in [0.25, 0.3) is 4.48 Å². The molecule has 0 fully saturated rings. The molecule has 0 aromatic heterocycles. The van der Waals surface area contributed by atoms with E-state index in [1.807, 2.05) is 12.1 Å². The van der Waals surface area contributed by atoms with Gasteiger partial charge in [0, 0.05) is 10.4 Å². The van der Waals surface area contributed by atoms with E-state index in [1.165, 1.54) is 11.1 Å². The molecule has 0 radical (unpaired) electrons. The van der Waals surface area contributed by atoms with Gasteiger partial charge in [-0.05, 0) is 11.1 Å². The van der Waals surface area contributed by atoms with E-state index in [9.17, 15) is 0 Å². The standard InChI is InChI=1S/C16H15Br/c1-13(14-8-4-2-5-9-14)12-16(17)15-10-6-3-7-11-15/h2-13H,1H3/b16-12+. The monoisotopic (exact) mass is 286 g/mol. The van der Waals surface area contributed by atoms with E-state index in [4.69, 9.17) is 0 Å². The number of rotatable bonds is 3. The third kappa shape index (κ3) is 3.31. The number of halogens is 1. The van der Waals surface area contributed by atoms with Crippen molar-refractivity contribution in [3.8, 4) is 0 Å². The lowest BCUT2D eigenvalue weighted by molar-refractivity contribution is 0.972. The highest BCUT2D eigenvalue weighted by Gasteiger charge is 2.03. The average Bonchev–Trinajstić information content (AvgIpc) is 2.40. The molecular weight excluding hydrogens is 272 g/mol. The summed E-state index contributed by atoms with van der Waals surface area (Å²) in [4.78, 5) is 0. The molecule has 0 amide bonds. The van der Waals surface area contributed by atoms with E-state index in [-0.39, 0.29) is 0 Å². The van der Waals surface area contributed by atoms with Gasteiger partial charge >= 0.3 is 0 Å². The lowest BCUT2D eigenvalue weighted by Gasteiger charge is -2.08. The van der Waals surface area contributed by atoms with Gasteiger partial charge in [-0.2, -0.15) is 0 Å². The van der Waals surface area contributed by atoms with Crippen LogP contribution in [0.3, 0.4) is 0 Å². The van der Waals surface area contributed by atoms with Crippen LogP contribution >= 0.6 is 15.9 Å². The van der Waals surface area contributed by atoms with Crippen molar-refractivity contribution in [1.29, 1.82) is 0 Å². The van der Waals surface area contributed by atoms with Gasteiger partial charge in [0.1, 0.15) is 0 Å². The largest absolute Gasteiger partial charge is 0.0624 e. The van der Waals surface area contributed by atoms with Crippen LogP contribution in [0.15, 0.2) is 66.7 Å². The fraction of sp³-hybridized carbons (Fsp3) is 0.125. The minimum Gasteiger partial charge on any atom is -0.0624 e. The summed E-state index contributed by atoms with van der Waals surface area (Å²) in [5, 5.41) is 0. The normalized spacial score (nSPS) is 13.4. The molecule has 0 heterocycles. The molecule has 0 aliphatic heterocycles. The van der Waals surface area contributed by atoms with Crippen LogP contribution in [0, 0.1) is 0 Å². The van der Waals surface area contributed by atoms with Gasteiger partial charge in [-0.25, -0.2) is 0 Å². The minimum atomic E-state index is 0.408. The van der Waals surface area contributed by atoms with E-state index in [0.717, 1.165) is 4.48 Å². The highest BCUT2D eigenvalue weighted by molar-refractivity contribution is 9.15. The average molecular weight is 287 g/mol. The van der Waals surface area contributed by atoms with E-state index in [1.54, 1.807) is 0 Å². The predicted molar refractivity (Wildman–Crippen MR) is 78.2 cm³/mol. The van der Waals surface area contributed by atoms with E-state index >= 15 is 0 Å². The van der Waals surface area contributed by atoms with Gasteiger partial charge in [-0.15, -0.1) is 0 Å². The van der Waals surface area contributed by atoms with Crippen LogP contribution < -0.4 is 0 Å². The Morgan fingerprint density at radius 3 is 2.06 bits per heavy atom. The molecule has 86 valence electrons. The molecule has 2 aromatic carbocycles. The summed E-state index contributed by atoms with van der Waals surface area (Å²) in [6.07, 6.45) is 2.24. The van der Waals surface area contributed by atoms with Crippen molar-refractivity contribution in [2.24, 2.45) is 0 Å². The molecule has 2 aromatic rings. The molecule has 0 saturated carbocycles. The molecule has 1 unspecified atom stereocenters. The van der Waals surface area contributed by atoms with Gasteiger partial charge < -0.3 is 0 Å². The fourth-order valence-electron chi connectivity index (χ4n) is 1.77. The van der Waals surface area contributed by atoms with Crippen LogP contribution in [0.2, 0.25) is 0 Å². The molecule has 0 spiro atoms. The van der Waals surface area contributed by atoms with Crippen LogP contribution in [0.1, 0.15) is 24.0 Å². The Morgan fingerprint density at radius 1 is 0.941 bits per heavy atom. The Bertz CT molecular complexity index is 485. The van der Waals surface area contributed by atoms with Crippen molar-refractivity contribution in [3.63, 3.8) is 0 Å². The predicted octanol–water partition coefficient (Wildman–Crippen LogP) is 5.23. The van der Waals surface area contributed by atoms with Crippen molar-refractivity contribution >= 4 is 20.4 Å². The second-order valence-corrected chi connectivity index (χ2v) is 4.93. The van der Waals surface area contributed by atoms with Crippen molar-refractivity contribution < 1.29 is 0 Å². The molecule has 17 heavy (non-hydrogen) atoms. The molecule has 1 heteroatoms. The van der Waals surface area contributed by atoms with E-state index in [0.29, 0.717) is 5.92 Å². The second-order valence-electron chi connectivity index (χ2n) is 4.08. The molecule has 0 aliphatic carbocycles. The second kappa shape index (κ2) is 5.83. The third-order valence-corrected chi connectivity index (χ3v) is 3.49. The van der Waals surface area contributed by atoms with E-state index < -0.39 is 0 Å². The first-order chi connectivity index (χ1) is 8.27. The smallest absolute Gasteiger partial charge is 0.0213 e. The van der Waals surface area contributed by atoms with Gasteiger partial charge in [0.2, 0.25) is 0 Å². The summed E-state index contributed by atoms with van der Waals surface area (Å²) in [6.45, 7) is 2.21. The Balaban J connectivity index is 2.20. The van der Waals surface area contributed by atoms with Crippen molar-refractivity contribution in [2.75, 3.05) is 0 Å². The lowest BCUT2D eigenvalue weighted by Crippen LogP contribution is -1.89. The van der Waals surface area contributed by atoms with Gasteiger partial charge in [0.05, 0.1) is 0 Å². The fourth-order valence-corrected chi connectivity index (χ4v) is 2.43. The summed E-state index contributed by atoms with van der Waals surface area (Å²) < 4.78 is 1.15. The SMILES string of the molecule is CC(/C=C(/Br)c1ccccc1)c1ccccc1. The van der Waals surface area contributed by atoms with Gasteiger partial charge in [-0.3, -0.25) is 0 Å².